The second-order valence-electron chi connectivity index (χ2n) is 3.37. The fourth-order valence-corrected chi connectivity index (χ4v) is 2.57. The molecule has 1 rings (SSSR count). The van der Waals surface area contributed by atoms with Crippen molar-refractivity contribution in [3.8, 4) is 0 Å². The molecule has 84 valence electrons. The standard InChI is InChI=1S/C10H14BrNO2S/c1-7(13)4-5-12-10(14)6-8-2-3-9(11)15-8/h2-3,7,13H,4-6H2,1H3,(H,12,14). The molecule has 0 fully saturated rings. The molecular weight excluding hydrogens is 278 g/mol. The van der Waals surface area contributed by atoms with Crippen molar-refractivity contribution in [3.63, 3.8) is 0 Å². The van der Waals surface area contributed by atoms with E-state index in [4.69, 9.17) is 5.11 Å². The molecular formula is C10H14BrNO2S. The van der Waals surface area contributed by atoms with Crippen molar-refractivity contribution >= 4 is 33.2 Å². The molecule has 0 saturated carbocycles. The van der Waals surface area contributed by atoms with Crippen LogP contribution in [0.15, 0.2) is 15.9 Å². The van der Waals surface area contributed by atoms with Crippen LogP contribution in [0.1, 0.15) is 18.2 Å². The summed E-state index contributed by atoms with van der Waals surface area (Å²) in [5, 5.41) is 11.8. The van der Waals surface area contributed by atoms with Gasteiger partial charge in [-0.3, -0.25) is 4.79 Å². The lowest BCUT2D eigenvalue weighted by Gasteiger charge is -2.05. The molecule has 0 spiro atoms. The summed E-state index contributed by atoms with van der Waals surface area (Å²) in [6.45, 7) is 2.24. The van der Waals surface area contributed by atoms with E-state index in [1.807, 2.05) is 12.1 Å². The molecule has 0 saturated heterocycles. The minimum atomic E-state index is -0.360. The van der Waals surface area contributed by atoms with Crippen molar-refractivity contribution in [2.75, 3.05) is 6.54 Å². The zero-order chi connectivity index (χ0) is 11.3. The molecule has 1 aromatic rings. The lowest BCUT2D eigenvalue weighted by atomic mass is 10.3. The number of aliphatic hydroxyl groups is 1. The Morgan fingerprint density at radius 3 is 2.93 bits per heavy atom. The van der Waals surface area contributed by atoms with Crippen LogP contribution in [0.3, 0.4) is 0 Å². The third kappa shape index (κ3) is 5.30. The third-order valence-corrected chi connectivity index (χ3v) is 3.47. The summed E-state index contributed by atoms with van der Waals surface area (Å²) < 4.78 is 1.04. The summed E-state index contributed by atoms with van der Waals surface area (Å²) >= 11 is 4.91. The highest BCUT2D eigenvalue weighted by molar-refractivity contribution is 9.11. The fraction of sp³-hybridized carbons (Fsp3) is 0.500. The van der Waals surface area contributed by atoms with E-state index in [1.54, 1.807) is 18.3 Å². The molecule has 0 aliphatic heterocycles. The van der Waals surface area contributed by atoms with Gasteiger partial charge in [0.2, 0.25) is 5.91 Å². The molecule has 1 atom stereocenters. The summed E-state index contributed by atoms with van der Waals surface area (Å²) in [5.41, 5.74) is 0. The van der Waals surface area contributed by atoms with Crippen LogP contribution < -0.4 is 5.32 Å². The number of carbonyl (C=O) groups is 1. The summed E-state index contributed by atoms with van der Waals surface area (Å²) in [6.07, 6.45) is 0.650. The van der Waals surface area contributed by atoms with Crippen molar-refractivity contribution < 1.29 is 9.90 Å². The molecule has 0 bridgehead atoms. The van der Waals surface area contributed by atoms with Gasteiger partial charge in [-0.2, -0.15) is 0 Å². The van der Waals surface area contributed by atoms with E-state index in [9.17, 15) is 4.79 Å². The van der Waals surface area contributed by atoms with Crippen LogP contribution in [0.2, 0.25) is 0 Å². The maximum Gasteiger partial charge on any atom is 0.225 e. The first-order chi connectivity index (χ1) is 7.08. The Labute approximate surface area is 102 Å². The number of hydrogen-bond acceptors (Lipinski definition) is 3. The highest BCUT2D eigenvalue weighted by Gasteiger charge is 2.05. The van der Waals surface area contributed by atoms with E-state index in [0.717, 1.165) is 8.66 Å². The van der Waals surface area contributed by atoms with Crippen LogP contribution >= 0.6 is 27.3 Å². The van der Waals surface area contributed by atoms with Gasteiger partial charge in [0.25, 0.3) is 0 Å². The lowest BCUT2D eigenvalue weighted by molar-refractivity contribution is -0.120. The van der Waals surface area contributed by atoms with Gasteiger partial charge in [0.15, 0.2) is 0 Å². The van der Waals surface area contributed by atoms with E-state index in [-0.39, 0.29) is 12.0 Å². The SMILES string of the molecule is CC(O)CCNC(=O)Cc1ccc(Br)s1. The van der Waals surface area contributed by atoms with Gasteiger partial charge in [0.05, 0.1) is 16.3 Å². The van der Waals surface area contributed by atoms with Gasteiger partial charge in [0, 0.05) is 11.4 Å². The largest absolute Gasteiger partial charge is 0.393 e. The van der Waals surface area contributed by atoms with Crippen LogP contribution in [0.4, 0.5) is 0 Å². The van der Waals surface area contributed by atoms with Crippen molar-refractivity contribution in [3.05, 3.63) is 20.8 Å². The van der Waals surface area contributed by atoms with Gasteiger partial charge in [-0.1, -0.05) is 0 Å². The van der Waals surface area contributed by atoms with E-state index in [2.05, 4.69) is 21.2 Å². The number of halogens is 1. The molecule has 1 unspecified atom stereocenters. The molecule has 1 aromatic heterocycles. The Kier molecular flexibility index (Phi) is 5.28. The van der Waals surface area contributed by atoms with Gasteiger partial charge < -0.3 is 10.4 Å². The monoisotopic (exact) mass is 291 g/mol. The van der Waals surface area contributed by atoms with Crippen LogP contribution in [0.5, 0.6) is 0 Å². The van der Waals surface area contributed by atoms with Crippen molar-refractivity contribution in [2.24, 2.45) is 0 Å². The normalized spacial score (nSPS) is 12.5. The topological polar surface area (TPSA) is 49.3 Å². The Morgan fingerprint density at radius 1 is 1.67 bits per heavy atom. The number of hydrogen-bond donors (Lipinski definition) is 2. The minimum Gasteiger partial charge on any atom is -0.393 e. The fourth-order valence-electron chi connectivity index (χ4n) is 1.09. The number of thiophene rings is 1. The third-order valence-electron chi connectivity index (χ3n) is 1.85. The van der Waals surface area contributed by atoms with Crippen molar-refractivity contribution in [2.45, 2.75) is 25.9 Å². The number of amides is 1. The second-order valence-corrected chi connectivity index (χ2v) is 5.92. The molecule has 0 radical (unpaired) electrons. The number of nitrogens with one attached hydrogen (secondary N) is 1. The quantitative estimate of drug-likeness (QED) is 0.871. The van der Waals surface area contributed by atoms with Crippen LogP contribution in [-0.4, -0.2) is 23.7 Å². The van der Waals surface area contributed by atoms with E-state index >= 15 is 0 Å². The summed E-state index contributed by atoms with van der Waals surface area (Å²) in [4.78, 5) is 12.4. The Morgan fingerprint density at radius 2 is 2.40 bits per heavy atom. The van der Waals surface area contributed by atoms with E-state index in [1.165, 1.54) is 0 Å². The zero-order valence-electron chi connectivity index (χ0n) is 8.50. The average molecular weight is 292 g/mol. The molecule has 0 aliphatic rings. The highest BCUT2D eigenvalue weighted by Crippen LogP contribution is 2.22. The van der Waals surface area contributed by atoms with E-state index in [0.29, 0.717) is 19.4 Å². The molecule has 15 heavy (non-hydrogen) atoms. The van der Waals surface area contributed by atoms with Crippen molar-refractivity contribution in [1.82, 2.24) is 5.32 Å². The second kappa shape index (κ2) is 6.25. The predicted octanol–water partition coefficient (Wildman–Crippen LogP) is 1.94. The molecule has 0 aliphatic carbocycles. The lowest BCUT2D eigenvalue weighted by Crippen LogP contribution is -2.27. The number of carbonyl (C=O) groups excluding carboxylic acids is 1. The van der Waals surface area contributed by atoms with Crippen LogP contribution in [0.25, 0.3) is 0 Å². The van der Waals surface area contributed by atoms with Gasteiger partial charge in [-0.25, -0.2) is 0 Å². The molecule has 1 amide bonds. The van der Waals surface area contributed by atoms with Crippen molar-refractivity contribution in [1.29, 1.82) is 0 Å². The summed E-state index contributed by atoms with van der Waals surface area (Å²) in [5.74, 6) is 0.00463. The number of aliphatic hydroxyl groups excluding tert-OH is 1. The predicted molar refractivity (Wildman–Crippen MR) is 65.0 cm³/mol. The van der Waals surface area contributed by atoms with Gasteiger partial charge in [-0.05, 0) is 41.4 Å². The van der Waals surface area contributed by atoms with Crippen LogP contribution in [-0.2, 0) is 11.2 Å². The maximum absolute atomic E-state index is 11.4. The minimum absolute atomic E-state index is 0.00463. The Hall–Kier alpha value is -0.390. The van der Waals surface area contributed by atoms with E-state index < -0.39 is 0 Å². The molecule has 2 N–H and O–H groups in total. The molecule has 5 heteroatoms. The van der Waals surface area contributed by atoms with Gasteiger partial charge in [0.1, 0.15) is 0 Å². The van der Waals surface area contributed by atoms with Gasteiger partial charge >= 0.3 is 0 Å². The first-order valence-electron chi connectivity index (χ1n) is 4.77. The Balaban J connectivity index is 2.24. The highest BCUT2D eigenvalue weighted by atomic mass is 79.9. The molecule has 3 nitrogen and oxygen atoms in total. The zero-order valence-corrected chi connectivity index (χ0v) is 10.9. The first kappa shape index (κ1) is 12.7. The average Bonchev–Trinajstić information content (AvgIpc) is 2.50. The smallest absolute Gasteiger partial charge is 0.225 e. The first-order valence-corrected chi connectivity index (χ1v) is 6.38. The Bertz CT molecular complexity index is 325. The maximum atomic E-state index is 11.4. The summed E-state index contributed by atoms with van der Waals surface area (Å²) in [7, 11) is 0. The summed E-state index contributed by atoms with van der Waals surface area (Å²) in [6, 6.07) is 3.87. The van der Waals surface area contributed by atoms with Gasteiger partial charge in [-0.15, -0.1) is 11.3 Å². The molecule has 1 heterocycles. The molecule has 0 aromatic carbocycles. The van der Waals surface area contributed by atoms with Crippen LogP contribution in [0, 0.1) is 0 Å². The number of rotatable bonds is 5.